The van der Waals surface area contributed by atoms with E-state index in [9.17, 15) is 14.4 Å². The van der Waals surface area contributed by atoms with Gasteiger partial charge < -0.3 is 10.2 Å². The van der Waals surface area contributed by atoms with E-state index in [-0.39, 0.29) is 36.5 Å². The fourth-order valence-corrected chi connectivity index (χ4v) is 2.77. The molecule has 2 saturated heterocycles. The van der Waals surface area contributed by atoms with Crippen LogP contribution in [-0.4, -0.2) is 40.6 Å². The lowest BCUT2D eigenvalue weighted by atomic mass is 9.86. The van der Waals surface area contributed by atoms with E-state index in [1.165, 1.54) is 4.90 Å². The van der Waals surface area contributed by atoms with E-state index in [1.807, 2.05) is 13.8 Å². The largest absolute Gasteiger partial charge is 0.342 e. The van der Waals surface area contributed by atoms with Crippen molar-refractivity contribution in [3.05, 3.63) is 12.7 Å². The summed E-state index contributed by atoms with van der Waals surface area (Å²) in [5, 5.41) is 2.75. The quantitative estimate of drug-likeness (QED) is 0.730. The van der Waals surface area contributed by atoms with Crippen molar-refractivity contribution in [3.63, 3.8) is 0 Å². The molecular formula is C13H18N2O3. The average molecular weight is 250 g/mol. The summed E-state index contributed by atoms with van der Waals surface area (Å²) in [6.07, 6.45) is 2.01. The Kier molecular flexibility index (Phi) is 3.00. The Bertz CT molecular complexity index is 430. The van der Waals surface area contributed by atoms with Crippen molar-refractivity contribution in [1.29, 1.82) is 0 Å². The molecular weight excluding hydrogens is 232 g/mol. The molecule has 0 aromatic rings. The minimum absolute atomic E-state index is 0.0129. The number of hydrogen-bond acceptors (Lipinski definition) is 3. The summed E-state index contributed by atoms with van der Waals surface area (Å²) in [7, 11) is 0. The van der Waals surface area contributed by atoms with Crippen LogP contribution in [-0.2, 0) is 14.4 Å². The first-order valence-electron chi connectivity index (χ1n) is 6.17. The van der Waals surface area contributed by atoms with Gasteiger partial charge in [-0.3, -0.25) is 14.4 Å². The lowest BCUT2D eigenvalue weighted by Crippen LogP contribution is -2.69. The summed E-state index contributed by atoms with van der Waals surface area (Å²) in [5.74, 6) is -0.438. The summed E-state index contributed by atoms with van der Waals surface area (Å²) in [5.41, 5.74) is -1.03. The van der Waals surface area contributed by atoms with Crippen LogP contribution in [0.1, 0.15) is 26.7 Å². The maximum atomic E-state index is 12.3. The van der Waals surface area contributed by atoms with Crippen molar-refractivity contribution in [2.45, 2.75) is 38.3 Å². The number of nitrogens with one attached hydrogen (secondary N) is 1. The van der Waals surface area contributed by atoms with Gasteiger partial charge >= 0.3 is 0 Å². The SMILES string of the molecule is C=CC[C@@]12CC(=O)CN1C(=O)[C@@H](C(C)C)NC2=O. The Balaban J connectivity index is 2.40. The highest BCUT2D eigenvalue weighted by molar-refractivity contribution is 6.07. The molecule has 18 heavy (non-hydrogen) atoms. The Labute approximate surface area is 106 Å². The molecule has 1 N–H and O–H groups in total. The topological polar surface area (TPSA) is 66.5 Å². The standard InChI is InChI=1S/C13H18N2O3/c1-4-5-13-6-9(16)7-15(13)11(17)10(8(2)3)14-12(13)18/h4,8,10H,1,5-7H2,2-3H3,(H,14,18)/t10-,13+/m1/s1. The minimum Gasteiger partial charge on any atom is -0.342 e. The van der Waals surface area contributed by atoms with E-state index in [1.54, 1.807) is 6.08 Å². The number of Topliss-reactive ketones (excluding diaryl/α,β-unsaturated/α-hetero) is 1. The van der Waals surface area contributed by atoms with Crippen LogP contribution < -0.4 is 5.32 Å². The molecule has 2 heterocycles. The molecule has 0 aliphatic carbocycles. The van der Waals surface area contributed by atoms with Crippen molar-refractivity contribution in [1.82, 2.24) is 10.2 Å². The molecule has 2 amide bonds. The summed E-state index contributed by atoms with van der Waals surface area (Å²) < 4.78 is 0. The fraction of sp³-hybridized carbons (Fsp3) is 0.615. The number of ketones is 1. The highest BCUT2D eigenvalue weighted by atomic mass is 16.2. The van der Waals surface area contributed by atoms with Gasteiger partial charge in [0.15, 0.2) is 5.78 Å². The lowest BCUT2D eigenvalue weighted by molar-refractivity contribution is -0.155. The van der Waals surface area contributed by atoms with E-state index < -0.39 is 11.6 Å². The molecule has 5 nitrogen and oxygen atoms in total. The third kappa shape index (κ3) is 1.65. The molecule has 2 rings (SSSR count). The molecule has 2 aliphatic heterocycles. The number of piperazine rings is 1. The van der Waals surface area contributed by atoms with Gasteiger partial charge in [0.1, 0.15) is 11.6 Å². The van der Waals surface area contributed by atoms with Crippen molar-refractivity contribution in [2.75, 3.05) is 6.54 Å². The molecule has 2 fully saturated rings. The van der Waals surface area contributed by atoms with E-state index in [0.29, 0.717) is 6.42 Å². The number of rotatable bonds is 3. The lowest BCUT2D eigenvalue weighted by Gasteiger charge is -2.44. The van der Waals surface area contributed by atoms with Crippen LogP contribution in [0.3, 0.4) is 0 Å². The molecule has 2 aliphatic rings. The number of carbonyl (C=O) groups is 3. The van der Waals surface area contributed by atoms with Gasteiger partial charge in [-0.15, -0.1) is 6.58 Å². The molecule has 0 unspecified atom stereocenters. The van der Waals surface area contributed by atoms with Crippen LogP contribution in [0.15, 0.2) is 12.7 Å². The van der Waals surface area contributed by atoms with Crippen molar-refractivity contribution < 1.29 is 14.4 Å². The Morgan fingerprint density at radius 3 is 2.72 bits per heavy atom. The summed E-state index contributed by atoms with van der Waals surface area (Å²) in [6.45, 7) is 7.42. The molecule has 0 radical (unpaired) electrons. The van der Waals surface area contributed by atoms with Crippen LogP contribution in [0.5, 0.6) is 0 Å². The predicted molar refractivity (Wildman–Crippen MR) is 65.7 cm³/mol. The maximum Gasteiger partial charge on any atom is 0.247 e. The van der Waals surface area contributed by atoms with Crippen LogP contribution in [0, 0.1) is 5.92 Å². The predicted octanol–water partition coefficient (Wildman–Crippen LogP) is 0.257. The van der Waals surface area contributed by atoms with Gasteiger partial charge in [-0.2, -0.15) is 0 Å². The Morgan fingerprint density at radius 2 is 2.17 bits per heavy atom. The molecule has 0 aromatic heterocycles. The smallest absolute Gasteiger partial charge is 0.247 e. The molecule has 2 atom stereocenters. The molecule has 0 bridgehead atoms. The highest BCUT2D eigenvalue weighted by Gasteiger charge is 2.57. The monoisotopic (exact) mass is 250 g/mol. The average Bonchev–Trinajstić information content (AvgIpc) is 2.62. The molecule has 0 saturated carbocycles. The second-order valence-corrected chi connectivity index (χ2v) is 5.36. The van der Waals surface area contributed by atoms with Gasteiger partial charge in [-0.1, -0.05) is 19.9 Å². The Hall–Kier alpha value is -1.65. The summed E-state index contributed by atoms with van der Waals surface area (Å²) >= 11 is 0. The van der Waals surface area contributed by atoms with Gasteiger partial charge in [-0.25, -0.2) is 0 Å². The first-order chi connectivity index (χ1) is 8.42. The number of nitrogens with zero attached hydrogens (tertiary/aromatic N) is 1. The van der Waals surface area contributed by atoms with E-state index in [2.05, 4.69) is 11.9 Å². The zero-order valence-corrected chi connectivity index (χ0v) is 10.7. The third-order valence-corrected chi connectivity index (χ3v) is 3.73. The van der Waals surface area contributed by atoms with Gasteiger partial charge in [0.2, 0.25) is 11.8 Å². The zero-order chi connectivity index (χ0) is 13.5. The van der Waals surface area contributed by atoms with Gasteiger partial charge in [-0.05, 0) is 12.3 Å². The molecule has 5 heteroatoms. The number of fused-ring (bicyclic) bond motifs is 1. The summed E-state index contributed by atoms with van der Waals surface area (Å²) in [6, 6.07) is -0.527. The number of amides is 2. The number of carbonyl (C=O) groups excluding carboxylic acids is 3. The van der Waals surface area contributed by atoms with E-state index in [0.717, 1.165) is 0 Å². The van der Waals surface area contributed by atoms with E-state index >= 15 is 0 Å². The van der Waals surface area contributed by atoms with Gasteiger partial charge in [0, 0.05) is 6.42 Å². The van der Waals surface area contributed by atoms with E-state index in [4.69, 9.17) is 0 Å². The first-order valence-corrected chi connectivity index (χ1v) is 6.17. The normalized spacial score (nSPS) is 31.6. The molecule has 0 spiro atoms. The van der Waals surface area contributed by atoms with Crippen LogP contribution in [0.4, 0.5) is 0 Å². The summed E-state index contributed by atoms with van der Waals surface area (Å²) in [4.78, 5) is 37.7. The molecule has 98 valence electrons. The maximum absolute atomic E-state index is 12.3. The van der Waals surface area contributed by atoms with Crippen LogP contribution in [0.25, 0.3) is 0 Å². The zero-order valence-electron chi connectivity index (χ0n) is 10.7. The number of hydrogen-bond donors (Lipinski definition) is 1. The van der Waals surface area contributed by atoms with Crippen LogP contribution >= 0.6 is 0 Å². The minimum atomic E-state index is -1.03. The second kappa shape index (κ2) is 4.23. The van der Waals surface area contributed by atoms with Gasteiger partial charge in [0.25, 0.3) is 0 Å². The van der Waals surface area contributed by atoms with Crippen molar-refractivity contribution in [3.8, 4) is 0 Å². The van der Waals surface area contributed by atoms with Gasteiger partial charge in [0.05, 0.1) is 6.54 Å². The van der Waals surface area contributed by atoms with Crippen molar-refractivity contribution >= 4 is 17.6 Å². The van der Waals surface area contributed by atoms with Crippen molar-refractivity contribution in [2.24, 2.45) is 5.92 Å². The van der Waals surface area contributed by atoms with Crippen LogP contribution in [0.2, 0.25) is 0 Å². The third-order valence-electron chi connectivity index (χ3n) is 3.73. The Morgan fingerprint density at radius 1 is 1.50 bits per heavy atom. The molecule has 0 aromatic carbocycles. The first kappa shape index (κ1) is 12.8. The fourth-order valence-electron chi connectivity index (χ4n) is 2.77. The highest BCUT2D eigenvalue weighted by Crippen LogP contribution is 2.35. The second-order valence-electron chi connectivity index (χ2n) is 5.36.